The van der Waals surface area contributed by atoms with Crippen LogP contribution in [0.1, 0.15) is 88.2 Å². The van der Waals surface area contributed by atoms with E-state index in [0.29, 0.717) is 50.0 Å². The number of fused-ring (bicyclic) bond motifs is 2. The van der Waals surface area contributed by atoms with Crippen molar-refractivity contribution in [1.82, 2.24) is 0 Å². The molecule has 2 aliphatic carbocycles. The summed E-state index contributed by atoms with van der Waals surface area (Å²) >= 11 is 0. The second-order valence-electron chi connectivity index (χ2n) is 11.4. The number of alkyl halides is 5. The Morgan fingerprint density at radius 2 is 1.37 bits per heavy atom. The second kappa shape index (κ2) is 10.2. The highest BCUT2D eigenvalue weighted by Gasteiger charge is 2.62. The molecule has 0 aromatic heterocycles. The van der Waals surface area contributed by atoms with E-state index in [0.717, 1.165) is 51.4 Å². The van der Waals surface area contributed by atoms with E-state index in [9.17, 15) is 30.7 Å². The summed E-state index contributed by atoms with van der Waals surface area (Å²) in [6.07, 6.45) is -2.25. The summed E-state index contributed by atoms with van der Waals surface area (Å²) in [5, 5.41) is 0. The molecular weight excluding hydrogens is 521 g/mol. The van der Waals surface area contributed by atoms with Crippen molar-refractivity contribution in [3.63, 3.8) is 0 Å². The van der Waals surface area contributed by atoms with Crippen molar-refractivity contribution >= 4 is 0 Å². The van der Waals surface area contributed by atoms with Crippen LogP contribution in [0.5, 0.6) is 0 Å². The van der Waals surface area contributed by atoms with Crippen molar-refractivity contribution in [3.05, 3.63) is 34.9 Å². The molecule has 0 N–H and O–H groups in total. The van der Waals surface area contributed by atoms with Crippen LogP contribution in [0.25, 0.3) is 0 Å². The average Bonchev–Trinajstić information content (AvgIpc) is 3.40. The van der Waals surface area contributed by atoms with E-state index in [1.165, 1.54) is 0 Å². The van der Waals surface area contributed by atoms with Gasteiger partial charge in [0.2, 0.25) is 0 Å². The summed E-state index contributed by atoms with van der Waals surface area (Å²) in [5.41, 5.74) is -2.17. The molecular formula is C27H33F7O4. The molecule has 2 heterocycles. The van der Waals surface area contributed by atoms with E-state index in [1.54, 1.807) is 0 Å². The maximum Gasteiger partial charge on any atom is 0.527 e. The molecule has 0 amide bonds. The molecule has 4 fully saturated rings. The van der Waals surface area contributed by atoms with Gasteiger partial charge in [-0.25, -0.2) is 13.5 Å². The molecule has 2 aliphatic heterocycles. The van der Waals surface area contributed by atoms with E-state index in [1.807, 2.05) is 0 Å². The van der Waals surface area contributed by atoms with Gasteiger partial charge in [-0.05, 0) is 93.2 Å². The predicted octanol–water partition coefficient (Wildman–Crippen LogP) is 7.90. The number of hydrogen-bond acceptors (Lipinski definition) is 4. The Hall–Kier alpha value is -1.43. The third-order valence-corrected chi connectivity index (χ3v) is 8.92. The summed E-state index contributed by atoms with van der Waals surface area (Å²) in [7, 11) is 0. The van der Waals surface area contributed by atoms with Crippen molar-refractivity contribution in [2.75, 3.05) is 13.2 Å². The third-order valence-electron chi connectivity index (χ3n) is 8.92. The lowest BCUT2D eigenvalue weighted by Gasteiger charge is -2.41. The van der Waals surface area contributed by atoms with Crippen LogP contribution in [0, 0.1) is 29.4 Å². The van der Waals surface area contributed by atoms with Crippen LogP contribution in [-0.4, -0.2) is 31.2 Å². The Kier molecular flexibility index (Phi) is 7.54. The summed E-state index contributed by atoms with van der Waals surface area (Å²) in [4.78, 5) is 0. The Morgan fingerprint density at radius 1 is 0.842 bits per heavy atom. The van der Waals surface area contributed by atoms with Crippen LogP contribution in [0.3, 0.4) is 0 Å². The zero-order valence-corrected chi connectivity index (χ0v) is 21.2. The standard InChI is InChI=1S/C27H33F7O4/c1-2-11-24-14-35-26(37-24,36-15-24)20-9-7-17(8-10-20)16-3-5-18(6-4-16)19-12-21(28)23(22(29)13-19)25(30,31)38-27(32,33)34/h12-13,16-18,20H,2-11,14-15H2,1H3. The Balaban J connectivity index is 1.15. The van der Waals surface area contributed by atoms with Crippen molar-refractivity contribution in [1.29, 1.82) is 0 Å². The van der Waals surface area contributed by atoms with Gasteiger partial charge in [-0.3, -0.25) is 0 Å². The molecule has 5 rings (SSSR count). The highest BCUT2D eigenvalue weighted by Crippen LogP contribution is 2.53. The molecule has 1 aromatic rings. The third kappa shape index (κ3) is 5.45. The fraction of sp³-hybridized carbons (Fsp3) is 0.778. The van der Waals surface area contributed by atoms with Gasteiger partial charge >= 0.3 is 12.5 Å². The smallest absolute Gasteiger partial charge is 0.324 e. The summed E-state index contributed by atoms with van der Waals surface area (Å²) in [6.45, 7) is 3.25. The molecule has 11 heteroatoms. The van der Waals surface area contributed by atoms with Gasteiger partial charge in [0.25, 0.3) is 5.97 Å². The van der Waals surface area contributed by atoms with Gasteiger partial charge in [-0.15, -0.1) is 13.2 Å². The zero-order valence-electron chi connectivity index (χ0n) is 21.2. The van der Waals surface area contributed by atoms with Crippen molar-refractivity contribution in [3.8, 4) is 0 Å². The number of ether oxygens (including phenoxy) is 4. The maximum atomic E-state index is 14.4. The first-order valence-corrected chi connectivity index (χ1v) is 13.5. The first kappa shape index (κ1) is 28.1. The predicted molar refractivity (Wildman–Crippen MR) is 121 cm³/mol. The lowest BCUT2D eigenvalue weighted by molar-refractivity contribution is -0.432. The molecule has 0 atom stereocenters. The molecule has 4 nitrogen and oxygen atoms in total. The fourth-order valence-corrected chi connectivity index (χ4v) is 7.11. The monoisotopic (exact) mass is 554 g/mol. The van der Waals surface area contributed by atoms with Crippen LogP contribution in [0.2, 0.25) is 0 Å². The lowest BCUT2D eigenvalue weighted by atomic mass is 9.68. The topological polar surface area (TPSA) is 36.9 Å². The highest BCUT2D eigenvalue weighted by molar-refractivity contribution is 5.31. The maximum absolute atomic E-state index is 14.4. The van der Waals surface area contributed by atoms with Gasteiger partial charge in [0.05, 0.1) is 13.2 Å². The molecule has 0 radical (unpaired) electrons. The normalized spacial score (nSPS) is 36.1. The first-order valence-electron chi connectivity index (χ1n) is 13.5. The van der Waals surface area contributed by atoms with Crippen molar-refractivity contribution in [2.45, 2.75) is 101 Å². The van der Waals surface area contributed by atoms with E-state index < -0.39 is 35.6 Å². The Bertz CT molecular complexity index is 967. The molecule has 214 valence electrons. The van der Waals surface area contributed by atoms with E-state index >= 15 is 0 Å². The molecule has 2 bridgehead atoms. The zero-order chi connectivity index (χ0) is 27.3. The largest absolute Gasteiger partial charge is 0.527 e. The van der Waals surface area contributed by atoms with Gasteiger partial charge in [0, 0.05) is 5.92 Å². The number of rotatable bonds is 7. The molecule has 0 spiro atoms. The van der Waals surface area contributed by atoms with Gasteiger partial charge in [-0.2, -0.15) is 8.78 Å². The number of hydrogen-bond donors (Lipinski definition) is 0. The van der Waals surface area contributed by atoms with Crippen LogP contribution in [0.15, 0.2) is 12.1 Å². The molecule has 1 aromatic carbocycles. The lowest BCUT2D eigenvalue weighted by Crippen LogP contribution is -2.43. The summed E-state index contributed by atoms with van der Waals surface area (Å²) < 4.78 is 114. The number of halogens is 7. The molecule has 2 saturated carbocycles. The van der Waals surface area contributed by atoms with Gasteiger partial charge in [0.15, 0.2) is 0 Å². The SMILES string of the molecule is CCCC12COC(C3CCC(C4CCC(c5cc(F)c(C(F)(F)OC(F)(F)F)c(F)c5)CC4)CC3)(OC1)O2. The fourth-order valence-electron chi connectivity index (χ4n) is 7.11. The van der Waals surface area contributed by atoms with E-state index in [4.69, 9.17) is 14.2 Å². The minimum atomic E-state index is -5.75. The van der Waals surface area contributed by atoms with Gasteiger partial charge in [-0.1, -0.05) is 13.3 Å². The van der Waals surface area contributed by atoms with Crippen LogP contribution in [-0.2, 0) is 25.1 Å². The quantitative estimate of drug-likeness (QED) is 0.321. The molecule has 0 unspecified atom stereocenters. The Labute approximate surface area is 217 Å². The molecule has 4 aliphatic rings. The van der Waals surface area contributed by atoms with E-state index in [2.05, 4.69) is 11.7 Å². The minimum absolute atomic E-state index is 0.178. The Morgan fingerprint density at radius 3 is 1.87 bits per heavy atom. The molecule has 38 heavy (non-hydrogen) atoms. The highest BCUT2D eigenvalue weighted by atomic mass is 19.4. The average molecular weight is 555 g/mol. The summed E-state index contributed by atoms with van der Waals surface area (Å²) in [6, 6.07) is 1.42. The van der Waals surface area contributed by atoms with Gasteiger partial charge in [0.1, 0.15) is 22.8 Å². The van der Waals surface area contributed by atoms with Crippen LogP contribution in [0.4, 0.5) is 30.7 Å². The van der Waals surface area contributed by atoms with Crippen LogP contribution >= 0.6 is 0 Å². The number of benzene rings is 1. The first-order chi connectivity index (χ1) is 17.9. The summed E-state index contributed by atoms with van der Waals surface area (Å²) in [5.74, 6) is -3.54. The van der Waals surface area contributed by atoms with Crippen LogP contribution < -0.4 is 0 Å². The van der Waals surface area contributed by atoms with Crippen molar-refractivity contribution in [2.24, 2.45) is 17.8 Å². The second-order valence-corrected chi connectivity index (χ2v) is 11.4. The minimum Gasteiger partial charge on any atom is -0.324 e. The molecule has 2 saturated heterocycles. The van der Waals surface area contributed by atoms with E-state index in [-0.39, 0.29) is 23.0 Å². The van der Waals surface area contributed by atoms with Gasteiger partial charge < -0.3 is 14.2 Å². The van der Waals surface area contributed by atoms with Crippen molar-refractivity contribution < 1.29 is 49.7 Å².